The highest BCUT2D eigenvalue weighted by molar-refractivity contribution is 8.00. The first-order valence-electron chi connectivity index (χ1n) is 9.32. The molecule has 1 saturated heterocycles. The van der Waals surface area contributed by atoms with Crippen LogP contribution in [0, 0.1) is 0 Å². The topological polar surface area (TPSA) is 78.3 Å². The second-order valence-electron chi connectivity index (χ2n) is 6.60. The summed E-state index contributed by atoms with van der Waals surface area (Å²) in [6.07, 6.45) is 2.20. The van der Waals surface area contributed by atoms with E-state index in [0.717, 1.165) is 30.8 Å². The van der Waals surface area contributed by atoms with Gasteiger partial charge in [0.2, 0.25) is 5.91 Å². The summed E-state index contributed by atoms with van der Waals surface area (Å²) in [6.45, 7) is 4.27. The largest absolute Gasteiger partial charge is 0.383 e. The third kappa shape index (κ3) is 5.47. The lowest BCUT2D eigenvalue weighted by Crippen LogP contribution is -2.33. The van der Waals surface area contributed by atoms with Gasteiger partial charge in [0.25, 0.3) is 0 Å². The van der Waals surface area contributed by atoms with Crippen LogP contribution in [0.1, 0.15) is 19.8 Å². The molecule has 3 rings (SSSR count). The molecule has 1 aromatic heterocycles. The first-order valence-corrected chi connectivity index (χ1v) is 10.6. The summed E-state index contributed by atoms with van der Waals surface area (Å²) in [4.78, 5) is 12.3. The van der Waals surface area contributed by atoms with Crippen molar-refractivity contribution in [2.75, 3.05) is 26.9 Å². The van der Waals surface area contributed by atoms with Crippen LogP contribution in [-0.2, 0) is 20.8 Å². The molecule has 28 heavy (non-hydrogen) atoms. The number of methoxy groups -OCH3 is 1. The maximum absolute atomic E-state index is 12.3. The molecule has 2 heterocycles. The van der Waals surface area contributed by atoms with E-state index in [1.165, 1.54) is 11.8 Å². The highest BCUT2D eigenvalue weighted by atomic mass is 35.5. The van der Waals surface area contributed by atoms with Gasteiger partial charge in [-0.05, 0) is 44.0 Å². The SMILES string of the molecule is COCCNC(=O)[C@@H](C)Sc1nnc(-c2ccc(Cl)cc2)n1C[C@H]1CCCO1. The molecule has 1 aromatic carbocycles. The van der Waals surface area contributed by atoms with Crippen molar-refractivity contribution in [2.24, 2.45) is 0 Å². The molecule has 0 radical (unpaired) electrons. The Morgan fingerprint density at radius 1 is 1.43 bits per heavy atom. The van der Waals surface area contributed by atoms with Gasteiger partial charge in [0, 0.05) is 30.8 Å². The summed E-state index contributed by atoms with van der Waals surface area (Å²) >= 11 is 7.41. The molecule has 7 nitrogen and oxygen atoms in total. The molecule has 1 amide bonds. The molecule has 0 spiro atoms. The van der Waals surface area contributed by atoms with E-state index in [0.29, 0.717) is 29.9 Å². The number of carbonyl (C=O) groups excluding carboxylic acids is 1. The van der Waals surface area contributed by atoms with Gasteiger partial charge in [-0.15, -0.1) is 10.2 Å². The van der Waals surface area contributed by atoms with Crippen LogP contribution in [0.3, 0.4) is 0 Å². The van der Waals surface area contributed by atoms with E-state index in [4.69, 9.17) is 21.1 Å². The summed E-state index contributed by atoms with van der Waals surface area (Å²) in [5.41, 5.74) is 0.930. The maximum Gasteiger partial charge on any atom is 0.233 e. The Morgan fingerprint density at radius 2 is 2.21 bits per heavy atom. The van der Waals surface area contributed by atoms with Gasteiger partial charge in [0.15, 0.2) is 11.0 Å². The summed E-state index contributed by atoms with van der Waals surface area (Å²) in [7, 11) is 1.61. The van der Waals surface area contributed by atoms with Gasteiger partial charge in [-0.2, -0.15) is 0 Å². The van der Waals surface area contributed by atoms with Crippen molar-refractivity contribution < 1.29 is 14.3 Å². The Balaban J connectivity index is 1.79. The highest BCUT2D eigenvalue weighted by Crippen LogP contribution is 2.29. The van der Waals surface area contributed by atoms with E-state index in [9.17, 15) is 4.79 Å². The molecule has 1 N–H and O–H groups in total. The molecule has 0 unspecified atom stereocenters. The standard InChI is InChI=1S/C19H25ClN4O3S/c1-13(18(25)21-9-11-26-2)28-19-23-22-17(14-5-7-15(20)8-6-14)24(19)12-16-4-3-10-27-16/h5-8,13,16H,3-4,9-12H2,1-2H3,(H,21,25)/t13-,16-/m1/s1. The Bertz CT molecular complexity index is 778. The Morgan fingerprint density at radius 3 is 2.89 bits per heavy atom. The number of thioether (sulfide) groups is 1. The Labute approximate surface area is 174 Å². The number of aromatic nitrogens is 3. The fourth-order valence-electron chi connectivity index (χ4n) is 2.98. The Kier molecular flexibility index (Phi) is 7.73. The minimum Gasteiger partial charge on any atom is -0.383 e. The van der Waals surface area contributed by atoms with Crippen molar-refractivity contribution in [3.05, 3.63) is 29.3 Å². The van der Waals surface area contributed by atoms with Crippen LogP contribution in [-0.4, -0.2) is 58.9 Å². The third-order valence-electron chi connectivity index (χ3n) is 4.49. The third-order valence-corrected chi connectivity index (χ3v) is 5.82. The van der Waals surface area contributed by atoms with Crippen LogP contribution < -0.4 is 5.32 Å². The average Bonchev–Trinajstić information content (AvgIpc) is 3.34. The summed E-state index contributed by atoms with van der Waals surface area (Å²) in [5.74, 6) is 0.698. The number of halogens is 1. The molecule has 0 bridgehead atoms. The minimum absolute atomic E-state index is 0.0539. The number of hydrogen-bond acceptors (Lipinski definition) is 6. The number of ether oxygens (including phenoxy) is 2. The molecular formula is C19H25ClN4O3S. The lowest BCUT2D eigenvalue weighted by Gasteiger charge is -2.16. The fourth-order valence-corrected chi connectivity index (χ4v) is 3.99. The second kappa shape index (κ2) is 10.2. The van der Waals surface area contributed by atoms with Crippen LogP contribution >= 0.6 is 23.4 Å². The van der Waals surface area contributed by atoms with E-state index >= 15 is 0 Å². The zero-order chi connectivity index (χ0) is 19.9. The molecule has 2 aromatic rings. The molecular weight excluding hydrogens is 400 g/mol. The maximum atomic E-state index is 12.3. The number of hydrogen-bond donors (Lipinski definition) is 1. The van der Waals surface area contributed by atoms with Gasteiger partial charge in [0.05, 0.1) is 24.5 Å². The minimum atomic E-state index is -0.303. The van der Waals surface area contributed by atoms with Gasteiger partial charge >= 0.3 is 0 Å². The Hall–Kier alpha value is -1.61. The quantitative estimate of drug-likeness (QED) is 0.492. The normalized spacial score (nSPS) is 17.6. The lowest BCUT2D eigenvalue weighted by molar-refractivity contribution is -0.120. The van der Waals surface area contributed by atoms with E-state index in [-0.39, 0.29) is 17.3 Å². The van der Waals surface area contributed by atoms with Gasteiger partial charge in [-0.25, -0.2) is 0 Å². The van der Waals surface area contributed by atoms with Crippen LogP contribution in [0.4, 0.5) is 0 Å². The van der Waals surface area contributed by atoms with Crippen LogP contribution in [0.15, 0.2) is 29.4 Å². The molecule has 1 aliphatic rings. The van der Waals surface area contributed by atoms with Gasteiger partial charge in [-0.3, -0.25) is 9.36 Å². The van der Waals surface area contributed by atoms with Crippen molar-refractivity contribution in [1.82, 2.24) is 20.1 Å². The average molecular weight is 425 g/mol. The van der Waals surface area contributed by atoms with Gasteiger partial charge in [-0.1, -0.05) is 23.4 Å². The predicted octanol–water partition coefficient (Wildman–Crippen LogP) is 3.02. The van der Waals surface area contributed by atoms with Crippen molar-refractivity contribution in [2.45, 2.75) is 42.8 Å². The molecule has 0 aliphatic carbocycles. The van der Waals surface area contributed by atoms with Crippen LogP contribution in [0.5, 0.6) is 0 Å². The number of benzene rings is 1. The second-order valence-corrected chi connectivity index (χ2v) is 8.35. The van der Waals surface area contributed by atoms with Gasteiger partial charge < -0.3 is 14.8 Å². The zero-order valence-corrected chi connectivity index (χ0v) is 17.6. The first kappa shape index (κ1) is 21.1. The van der Waals surface area contributed by atoms with Crippen LogP contribution in [0.2, 0.25) is 5.02 Å². The van der Waals surface area contributed by atoms with Crippen molar-refractivity contribution in [3.8, 4) is 11.4 Å². The summed E-state index contributed by atoms with van der Waals surface area (Å²) in [6, 6.07) is 7.52. The molecule has 9 heteroatoms. The van der Waals surface area contributed by atoms with Crippen molar-refractivity contribution >= 4 is 29.3 Å². The lowest BCUT2D eigenvalue weighted by atomic mass is 10.2. The van der Waals surface area contributed by atoms with E-state index in [1.807, 2.05) is 35.8 Å². The molecule has 2 atom stereocenters. The van der Waals surface area contributed by atoms with E-state index < -0.39 is 0 Å². The number of amides is 1. The number of nitrogens with one attached hydrogen (secondary N) is 1. The van der Waals surface area contributed by atoms with Crippen LogP contribution in [0.25, 0.3) is 11.4 Å². The molecule has 1 fully saturated rings. The highest BCUT2D eigenvalue weighted by Gasteiger charge is 2.24. The number of carbonyl (C=O) groups is 1. The molecule has 0 saturated carbocycles. The molecule has 152 valence electrons. The monoisotopic (exact) mass is 424 g/mol. The summed E-state index contributed by atoms with van der Waals surface area (Å²) in [5, 5.41) is 12.7. The number of rotatable bonds is 9. The van der Waals surface area contributed by atoms with Crippen molar-refractivity contribution in [3.63, 3.8) is 0 Å². The van der Waals surface area contributed by atoms with Gasteiger partial charge in [0.1, 0.15) is 0 Å². The van der Waals surface area contributed by atoms with E-state index in [2.05, 4.69) is 15.5 Å². The molecule has 1 aliphatic heterocycles. The first-order chi connectivity index (χ1) is 13.6. The van der Waals surface area contributed by atoms with Crippen molar-refractivity contribution in [1.29, 1.82) is 0 Å². The smallest absolute Gasteiger partial charge is 0.233 e. The fraction of sp³-hybridized carbons (Fsp3) is 0.526. The summed E-state index contributed by atoms with van der Waals surface area (Å²) < 4.78 is 12.8. The predicted molar refractivity (Wildman–Crippen MR) is 110 cm³/mol. The number of nitrogens with zero attached hydrogens (tertiary/aromatic N) is 3. The van der Waals surface area contributed by atoms with E-state index in [1.54, 1.807) is 7.11 Å². The zero-order valence-electron chi connectivity index (χ0n) is 16.1.